The van der Waals surface area contributed by atoms with E-state index in [1.807, 2.05) is 0 Å². The van der Waals surface area contributed by atoms with Crippen molar-refractivity contribution in [3.8, 4) is 0 Å². The summed E-state index contributed by atoms with van der Waals surface area (Å²) in [6.07, 6.45) is 0.255. The van der Waals surface area contributed by atoms with Crippen LogP contribution >= 0.6 is 11.6 Å². The standard InChI is InChI=1S/C13H14ClFN2O2/c1-8-4-12(18)16-6-13(19)17(8)7-9-2-3-10(15)5-11(9)14/h2-3,5,8H,4,6-7H2,1H3,(H,16,18). The van der Waals surface area contributed by atoms with Gasteiger partial charge in [0, 0.05) is 24.0 Å². The first-order valence-corrected chi connectivity index (χ1v) is 6.35. The third-order valence-corrected chi connectivity index (χ3v) is 3.48. The molecule has 1 atom stereocenters. The molecule has 0 saturated carbocycles. The Morgan fingerprint density at radius 3 is 2.89 bits per heavy atom. The van der Waals surface area contributed by atoms with Gasteiger partial charge in [0.2, 0.25) is 11.8 Å². The Kier molecular flexibility index (Phi) is 4.04. The zero-order valence-electron chi connectivity index (χ0n) is 10.5. The molecule has 4 nitrogen and oxygen atoms in total. The molecule has 1 N–H and O–H groups in total. The van der Waals surface area contributed by atoms with Crippen molar-refractivity contribution >= 4 is 23.4 Å². The smallest absolute Gasteiger partial charge is 0.242 e. The Hall–Kier alpha value is -1.62. The zero-order chi connectivity index (χ0) is 14.0. The fraction of sp³-hybridized carbons (Fsp3) is 0.385. The number of benzene rings is 1. The predicted octanol–water partition coefficient (Wildman–Crippen LogP) is 1.72. The van der Waals surface area contributed by atoms with Gasteiger partial charge < -0.3 is 10.2 Å². The van der Waals surface area contributed by atoms with Crippen LogP contribution in [0.5, 0.6) is 0 Å². The van der Waals surface area contributed by atoms with Crippen LogP contribution in [0.4, 0.5) is 4.39 Å². The van der Waals surface area contributed by atoms with Crippen LogP contribution < -0.4 is 5.32 Å². The molecule has 1 saturated heterocycles. The first-order valence-electron chi connectivity index (χ1n) is 5.97. The van der Waals surface area contributed by atoms with E-state index >= 15 is 0 Å². The SMILES string of the molecule is CC1CC(=O)NCC(=O)N1Cc1ccc(F)cc1Cl. The van der Waals surface area contributed by atoms with Crippen molar-refractivity contribution in [1.29, 1.82) is 0 Å². The van der Waals surface area contributed by atoms with Crippen molar-refractivity contribution in [2.45, 2.75) is 25.9 Å². The first-order chi connectivity index (χ1) is 8.97. The number of carbonyl (C=O) groups is 2. The average molecular weight is 285 g/mol. The van der Waals surface area contributed by atoms with Gasteiger partial charge >= 0.3 is 0 Å². The topological polar surface area (TPSA) is 49.4 Å². The van der Waals surface area contributed by atoms with E-state index < -0.39 is 5.82 Å². The van der Waals surface area contributed by atoms with Gasteiger partial charge in [-0.15, -0.1) is 0 Å². The molecule has 0 bridgehead atoms. The first kappa shape index (κ1) is 13.8. The highest BCUT2D eigenvalue weighted by molar-refractivity contribution is 6.31. The minimum atomic E-state index is -0.416. The van der Waals surface area contributed by atoms with Crippen molar-refractivity contribution < 1.29 is 14.0 Å². The molecule has 1 aliphatic rings. The van der Waals surface area contributed by atoms with Gasteiger partial charge in [0.05, 0.1) is 6.54 Å². The number of carbonyl (C=O) groups excluding carboxylic acids is 2. The van der Waals surface area contributed by atoms with Gasteiger partial charge in [0.25, 0.3) is 0 Å². The molecule has 0 aliphatic carbocycles. The summed E-state index contributed by atoms with van der Waals surface area (Å²) >= 11 is 5.95. The van der Waals surface area contributed by atoms with Gasteiger partial charge in [-0.1, -0.05) is 17.7 Å². The van der Waals surface area contributed by atoms with Gasteiger partial charge in [0.1, 0.15) is 5.82 Å². The number of rotatable bonds is 2. The van der Waals surface area contributed by atoms with Gasteiger partial charge in [-0.3, -0.25) is 9.59 Å². The van der Waals surface area contributed by atoms with E-state index in [0.717, 1.165) is 0 Å². The summed E-state index contributed by atoms with van der Waals surface area (Å²) in [5.41, 5.74) is 0.664. The van der Waals surface area contributed by atoms with Crippen LogP contribution in [0.3, 0.4) is 0 Å². The van der Waals surface area contributed by atoms with Crippen molar-refractivity contribution in [1.82, 2.24) is 10.2 Å². The molecule has 1 aromatic rings. The van der Waals surface area contributed by atoms with Crippen molar-refractivity contribution in [3.05, 3.63) is 34.6 Å². The van der Waals surface area contributed by atoms with Gasteiger partial charge in [-0.05, 0) is 24.6 Å². The molecular formula is C13H14ClFN2O2. The van der Waals surface area contributed by atoms with E-state index in [4.69, 9.17) is 11.6 Å². The van der Waals surface area contributed by atoms with E-state index in [2.05, 4.69) is 5.32 Å². The minimum absolute atomic E-state index is 0.0119. The largest absolute Gasteiger partial charge is 0.347 e. The average Bonchev–Trinajstić information content (AvgIpc) is 2.45. The lowest BCUT2D eigenvalue weighted by molar-refractivity contribution is -0.132. The number of halogens is 2. The van der Waals surface area contributed by atoms with E-state index in [0.29, 0.717) is 5.56 Å². The molecule has 1 aromatic carbocycles. The second kappa shape index (κ2) is 5.57. The monoisotopic (exact) mass is 284 g/mol. The fourth-order valence-corrected chi connectivity index (χ4v) is 2.28. The summed E-state index contributed by atoms with van der Waals surface area (Å²) in [5, 5.41) is 2.82. The molecule has 0 spiro atoms. The third kappa shape index (κ3) is 3.23. The van der Waals surface area contributed by atoms with E-state index in [-0.39, 0.29) is 42.4 Å². The second-order valence-corrected chi connectivity index (χ2v) is 4.99. The van der Waals surface area contributed by atoms with Crippen molar-refractivity contribution in [3.63, 3.8) is 0 Å². The van der Waals surface area contributed by atoms with Crippen LogP contribution in [-0.4, -0.2) is 29.3 Å². The van der Waals surface area contributed by atoms with Crippen LogP contribution in [0.2, 0.25) is 5.02 Å². The molecular weight excluding hydrogens is 271 g/mol. The lowest BCUT2D eigenvalue weighted by Gasteiger charge is -2.26. The Balaban J connectivity index is 2.20. The van der Waals surface area contributed by atoms with Crippen LogP contribution in [0.15, 0.2) is 18.2 Å². The Morgan fingerprint density at radius 2 is 2.21 bits per heavy atom. The maximum absolute atomic E-state index is 13.0. The maximum atomic E-state index is 13.0. The summed E-state index contributed by atoms with van der Waals surface area (Å²) in [6, 6.07) is 3.86. The Bertz CT molecular complexity index is 521. The molecule has 1 aliphatic heterocycles. The maximum Gasteiger partial charge on any atom is 0.242 e. The third-order valence-electron chi connectivity index (χ3n) is 3.13. The fourth-order valence-electron chi connectivity index (χ4n) is 2.05. The highest BCUT2D eigenvalue weighted by Crippen LogP contribution is 2.21. The summed E-state index contributed by atoms with van der Waals surface area (Å²) in [6.45, 7) is 2.07. The summed E-state index contributed by atoms with van der Waals surface area (Å²) in [7, 11) is 0. The molecule has 19 heavy (non-hydrogen) atoms. The Labute approximate surface area is 115 Å². The van der Waals surface area contributed by atoms with Gasteiger partial charge in [-0.2, -0.15) is 0 Å². The number of nitrogens with one attached hydrogen (secondary N) is 1. The molecule has 1 unspecified atom stereocenters. The number of nitrogens with zero attached hydrogens (tertiary/aromatic N) is 1. The molecule has 1 fully saturated rings. The normalized spacial score (nSPS) is 20.2. The minimum Gasteiger partial charge on any atom is -0.347 e. The summed E-state index contributed by atoms with van der Waals surface area (Å²) < 4.78 is 13.0. The Morgan fingerprint density at radius 1 is 1.47 bits per heavy atom. The van der Waals surface area contributed by atoms with Crippen LogP contribution in [0.1, 0.15) is 18.9 Å². The van der Waals surface area contributed by atoms with E-state index in [9.17, 15) is 14.0 Å². The number of hydrogen-bond donors (Lipinski definition) is 1. The molecule has 1 heterocycles. The molecule has 0 radical (unpaired) electrons. The highest BCUT2D eigenvalue weighted by atomic mass is 35.5. The quantitative estimate of drug-likeness (QED) is 0.899. The molecule has 2 amide bonds. The summed E-state index contributed by atoms with van der Waals surface area (Å²) in [4.78, 5) is 24.9. The van der Waals surface area contributed by atoms with Crippen LogP contribution in [0.25, 0.3) is 0 Å². The van der Waals surface area contributed by atoms with Crippen LogP contribution in [0, 0.1) is 5.82 Å². The van der Waals surface area contributed by atoms with Gasteiger partial charge in [-0.25, -0.2) is 4.39 Å². The molecule has 0 aromatic heterocycles. The van der Waals surface area contributed by atoms with Crippen molar-refractivity contribution in [2.24, 2.45) is 0 Å². The molecule has 102 valence electrons. The lowest BCUT2D eigenvalue weighted by Crippen LogP contribution is -2.39. The zero-order valence-corrected chi connectivity index (χ0v) is 11.2. The highest BCUT2D eigenvalue weighted by Gasteiger charge is 2.26. The summed E-state index contributed by atoms with van der Waals surface area (Å²) in [5.74, 6) is -0.729. The molecule has 6 heteroatoms. The molecule has 2 rings (SSSR count). The number of hydrogen-bond acceptors (Lipinski definition) is 2. The lowest BCUT2D eigenvalue weighted by atomic mass is 10.1. The van der Waals surface area contributed by atoms with Gasteiger partial charge in [0.15, 0.2) is 0 Å². The van der Waals surface area contributed by atoms with E-state index in [1.54, 1.807) is 17.9 Å². The number of amides is 2. The van der Waals surface area contributed by atoms with Crippen molar-refractivity contribution in [2.75, 3.05) is 6.54 Å². The van der Waals surface area contributed by atoms with E-state index in [1.165, 1.54) is 12.1 Å². The predicted molar refractivity (Wildman–Crippen MR) is 69.0 cm³/mol. The van der Waals surface area contributed by atoms with Crippen LogP contribution in [-0.2, 0) is 16.1 Å². The second-order valence-electron chi connectivity index (χ2n) is 4.59.